The molecule has 8 aromatic carbocycles. The molecule has 3 N–H and O–H groups in total. The van der Waals surface area contributed by atoms with Gasteiger partial charge in [-0.3, -0.25) is 0 Å². The van der Waals surface area contributed by atoms with Crippen LogP contribution in [-0.4, -0.2) is 46.4 Å². The molecule has 0 heterocycles. The topological polar surface area (TPSA) is 140 Å². The molecule has 9 heteroatoms. The molecular weight excluding hydrogens is 937 g/mol. The van der Waals surface area contributed by atoms with Crippen LogP contribution in [0, 0.1) is 0 Å². The highest BCUT2D eigenvalue weighted by molar-refractivity contribution is 5.90. The van der Waals surface area contributed by atoms with E-state index in [1.54, 1.807) is 69.3 Å². The second kappa shape index (κ2) is 25.6. The molecule has 8 aromatic rings. The lowest BCUT2D eigenvalue weighted by Gasteiger charge is -2.13. The Kier molecular flexibility index (Phi) is 18.3. The van der Waals surface area contributed by atoms with Crippen LogP contribution in [0.4, 0.5) is 0 Å². The summed E-state index contributed by atoms with van der Waals surface area (Å²) in [5, 5.41) is 28.3. The van der Waals surface area contributed by atoms with E-state index in [0.717, 1.165) is 91.6 Å². The second-order valence-corrected chi connectivity index (χ2v) is 18.3. The van der Waals surface area contributed by atoms with Crippen molar-refractivity contribution in [2.75, 3.05) is 13.2 Å². The van der Waals surface area contributed by atoms with Gasteiger partial charge in [-0.15, -0.1) is 0 Å². The molecular formula is C66H60O9. The van der Waals surface area contributed by atoms with Crippen molar-refractivity contribution in [2.24, 2.45) is 0 Å². The van der Waals surface area contributed by atoms with Crippen LogP contribution in [0.3, 0.4) is 0 Å². The Morgan fingerprint density at radius 2 is 0.640 bits per heavy atom. The summed E-state index contributed by atoms with van der Waals surface area (Å²) in [4.78, 5) is 35.5. The number of aromatic hydroxyl groups is 2. The summed E-state index contributed by atoms with van der Waals surface area (Å²) in [5.74, 6) is 0.0489. The monoisotopic (exact) mass is 996 g/mol. The summed E-state index contributed by atoms with van der Waals surface area (Å²) in [6.07, 6.45) is 3.12. The molecule has 0 saturated carbocycles. The van der Waals surface area contributed by atoms with Gasteiger partial charge in [0.15, 0.2) is 0 Å². The van der Waals surface area contributed by atoms with Crippen LogP contribution in [0.2, 0.25) is 0 Å². The molecule has 0 aliphatic carbocycles. The predicted molar refractivity (Wildman–Crippen MR) is 299 cm³/mol. The van der Waals surface area contributed by atoms with Gasteiger partial charge < -0.3 is 29.5 Å². The molecule has 8 rings (SSSR count). The highest BCUT2D eigenvalue weighted by Crippen LogP contribution is 2.36. The molecule has 0 aliphatic heterocycles. The van der Waals surface area contributed by atoms with Crippen molar-refractivity contribution in [3.8, 4) is 89.8 Å². The third-order valence-corrected chi connectivity index (χ3v) is 12.2. The van der Waals surface area contributed by atoms with E-state index in [1.165, 1.54) is 5.56 Å². The summed E-state index contributed by atoms with van der Waals surface area (Å²) in [6, 6.07) is 58.6. The number of phenolic OH excluding ortho intramolecular Hbond substituents is 2. The zero-order valence-electron chi connectivity index (χ0n) is 42.5. The quantitative estimate of drug-likeness (QED) is 0.0332. The number of benzene rings is 8. The van der Waals surface area contributed by atoms with Crippen LogP contribution >= 0.6 is 0 Å². The first-order valence-electron chi connectivity index (χ1n) is 24.6. The van der Waals surface area contributed by atoms with Gasteiger partial charge in [0.25, 0.3) is 0 Å². The van der Waals surface area contributed by atoms with Crippen molar-refractivity contribution in [2.45, 2.75) is 46.5 Å². The number of aliphatic hydroxyl groups excluding tert-OH is 1. The average molecular weight is 997 g/mol. The Morgan fingerprint density at radius 1 is 0.373 bits per heavy atom. The lowest BCUT2D eigenvalue weighted by molar-refractivity contribution is -0.139. The van der Waals surface area contributed by atoms with Crippen molar-refractivity contribution in [1.82, 2.24) is 0 Å². The number of aryl methyl sites for hydroxylation is 2. The molecule has 378 valence electrons. The fourth-order valence-corrected chi connectivity index (χ4v) is 7.96. The van der Waals surface area contributed by atoms with Gasteiger partial charge in [-0.2, -0.15) is 0 Å². The largest absolute Gasteiger partial charge is 0.508 e. The number of ether oxygens (including phenoxy) is 3. The number of aliphatic hydroxyl groups is 1. The van der Waals surface area contributed by atoms with E-state index in [2.05, 4.69) is 105 Å². The van der Waals surface area contributed by atoms with Crippen molar-refractivity contribution in [1.29, 1.82) is 0 Å². The van der Waals surface area contributed by atoms with Gasteiger partial charge in [0.1, 0.15) is 23.0 Å². The predicted octanol–water partition coefficient (Wildman–Crippen LogP) is 14.7. The first-order valence-corrected chi connectivity index (χ1v) is 24.6. The number of carbonyl (C=O) groups is 3. The zero-order valence-corrected chi connectivity index (χ0v) is 42.5. The molecule has 0 atom stereocenters. The number of rotatable bonds is 18. The molecule has 75 heavy (non-hydrogen) atoms. The minimum absolute atomic E-state index is 0.201. The van der Waals surface area contributed by atoms with E-state index < -0.39 is 11.9 Å². The zero-order chi connectivity index (χ0) is 53.4. The third kappa shape index (κ3) is 15.2. The van der Waals surface area contributed by atoms with Crippen LogP contribution in [0.15, 0.2) is 218 Å². The van der Waals surface area contributed by atoms with E-state index >= 15 is 0 Å². The molecule has 0 fully saturated rings. The normalized spacial score (nSPS) is 10.6. The molecule has 0 aromatic heterocycles. The Hall–Kier alpha value is -9.05. The van der Waals surface area contributed by atoms with Gasteiger partial charge >= 0.3 is 17.9 Å². The van der Waals surface area contributed by atoms with Crippen molar-refractivity contribution in [3.05, 3.63) is 230 Å². The SMILES string of the molecule is C=C(C)C(=O)OCCCc1ccc(-c2cc(-c3ccc(OC(=O)C(=C)C)cc3)cc(-c3ccc(OC(=O)C(=C)C)cc3)c2)cc1.OCCCc1ccc(-c2cc(-c3ccc(O)cc3)cc(-c3ccc(O)cc3)c2)cc1. The highest BCUT2D eigenvalue weighted by atomic mass is 16.5. The van der Waals surface area contributed by atoms with Gasteiger partial charge in [-0.1, -0.05) is 117 Å². The number of carbonyl (C=O) groups excluding carboxylic acids is 3. The summed E-state index contributed by atoms with van der Waals surface area (Å²) >= 11 is 0. The first-order chi connectivity index (χ1) is 36.1. The van der Waals surface area contributed by atoms with Crippen molar-refractivity contribution >= 4 is 17.9 Å². The lowest BCUT2D eigenvalue weighted by Crippen LogP contribution is -2.07. The Labute approximate surface area is 439 Å². The number of esters is 3. The highest BCUT2D eigenvalue weighted by Gasteiger charge is 2.13. The van der Waals surface area contributed by atoms with Crippen molar-refractivity contribution in [3.63, 3.8) is 0 Å². The molecule has 0 radical (unpaired) electrons. The molecule has 0 saturated heterocycles. The molecule has 0 unspecified atom stereocenters. The molecule has 0 bridgehead atoms. The minimum Gasteiger partial charge on any atom is -0.508 e. The van der Waals surface area contributed by atoms with E-state index in [4.69, 9.17) is 19.3 Å². The maximum absolute atomic E-state index is 12.0. The first kappa shape index (κ1) is 53.7. The molecule has 0 aliphatic rings. The average Bonchev–Trinajstić information content (AvgIpc) is 3.42. The van der Waals surface area contributed by atoms with Gasteiger partial charge in [0.2, 0.25) is 0 Å². The standard InChI is InChI=1S/C39H36O6.C27H24O3/c1-25(2)37(40)43-21-7-8-28-9-11-29(12-10-28)32-22-33(30-13-17-35(18-14-30)44-38(41)26(3)4)24-34(23-32)31-15-19-36(20-16-31)45-39(42)27(5)6;28-15-1-2-19-3-5-20(6-4-19)23-16-24(21-7-11-26(29)12-8-21)18-25(17-23)22-9-13-27(30)14-10-22/h9-20,22-24H,1,3,5,7-8,21H2,2,4,6H3;3-14,16-18,28-30H,1-2,15H2. The number of hydrogen-bond acceptors (Lipinski definition) is 9. The summed E-state index contributed by atoms with van der Waals surface area (Å²) in [6.45, 7) is 16.3. The molecule has 9 nitrogen and oxygen atoms in total. The number of hydrogen-bond donors (Lipinski definition) is 3. The van der Waals surface area contributed by atoms with Crippen LogP contribution < -0.4 is 9.47 Å². The van der Waals surface area contributed by atoms with Crippen LogP contribution in [0.1, 0.15) is 44.7 Å². The summed E-state index contributed by atoms with van der Waals surface area (Å²) < 4.78 is 15.9. The third-order valence-electron chi connectivity index (χ3n) is 12.2. The fraction of sp³-hybridized carbons (Fsp3) is 0.136. The fourth-order valence-electron chi connectivity index (χ4n) is 7.96. The van der Waals surface area contributed by atoms with Gasteiger partial charge in [0.05, 0.1) is 6.61 Å². The van der Waals surface area contributed by atoms with Crippen LogP contribution in [-0.2, 0) is 32.0 Å². The smallest absolute Gasteiger partial charge is 0.338 e. The van der Waals surface area contributed by atoms with Gasteiger partial charge in [0, 0.05) is 23.3 Å². The summed E-state index contributed by atoms with van der Waals surface area (Å²) in [7, 11) is 0. The second-order valence-electron chi connectivity index (χ2n) is 18.3. The lowest BCUT2D eigenvalue weighted by atomic mass is 9.93. The van der Waals surface area contributed by atoms with Gasteiger partial charge in [-0.25, -0.2) is 14.4 Å². The van der Waals surface area contributed by atoms with Gasteiger partial charge in [-0.05, 0) is 209 Å². The molecule has 0 spiro atoms. The maximum atomic E-state index is 12.0. The van der Waals surface area contributed by atoms with E-state index in [0.29, 0.717) is 41.2 Å². The Bertz CT molecular complexity index is 3140. The van der Waals surface area contributed by atoms with E-state index in [-0.39, 0.29) is 24.1 Å². The van der Waals surface area contributed by atoms with Crippen LogP contribution in [0.25, 0.3) is 66.8 Å². The Morgan fingerprint density at radius 3 is 0.920 bits per heavy atom. The molecule has 0 amide bonds. The van der Waals surface area contributed by atoms with E-state index in [1.807, 2.05) is 48.5 Å². The maximum Gasteiger partial charge on any atom is 0.338 e. The summed E-state index contributed by atoms with van der Waals surface area (Å²) in [5.41, 5.74) is 15.7. The Balaban J connectivity index is 0.000000236. The minimum atomic E-state index is -0.472. The number of phenols is 2. The van der Waals surface area contributed by atoms with E-state index in [9.17, 15) is 24.6 Å². The van der Waals surface area contributed by atoms with Crippen molar-refractivity contribution < 1.29 is 43.9 Å². The van der Waals surface area contributed by atoms with Crippen LogP contribution in [0.5, 0.6) is 23.0 Å².